The SMILES string of the molecule is CCc1ccccc1Nc1ncnc2c1[nH]c1cc(OC)c(OC)cc12. The van der Waals surface area contributed by atoms with Crippen LogP contribution in [0.25, 0.3) is 21.9 Å². The number of hydrogen-bond acceptors (Lipinski definition) is 5. The van der Waals surface area contributed by atoms with Crippen LogP contribution in [0.1, 0.15) is 12.5 Å². The van der Waals surface area contributed by atoms with Gasteiger partial charge in [-0.1, -0.05) is 25.1 Å². The minimum absolute atomic E-state index is 0.672. The van der Waals surface area contributed by atoms with E-state index in [1.807, 2.05) is 24.3 Å². The molecule has 2 heterocycles. The number of nitrogens with one attached hydrogen (secondary N) is 2. The van der Waals surface area contributed by atoms with Crippen molar-refractivity contribution in [3.05, 3.63) is 48.3 Å². The van der Waals surface area contributed by atoms with Crippen molar-refractivity contribution in [2.45, 2.75) is 13.3 Å². The van der Waals surface area contributed by atoms with Gasteiger partial charge in [0.05, 0.1) is 19.7 Å². The van der Waals surface area contributed by atoms with Gasteiger partial charge in [-0.15, -0.1) is 0 Å². The quantitative estimate of drug-likeness (QED) is 0.558. The average Bonchev–Trinajstić information content (AvgIpc) is 3.05. The first-order valence-electron chi connectivity index (χ1n) is 8.48. The summed E-state index contributed by atoms with van der Waals surface area (Å²) in [5.41, 5.74) is 4.89. The van der Waals surface area contributed by atoms with Crippen LogP contribution in [0, 0.1) is 0 Å². The van der Waals surface area contributed by atoms with Crippen LogP contribution < -0.4 is 14.8 Å². The van der Waals surface area contributed by atoms with Gasteiger partial charge in [0.2, 0.25) is 0 Å². The van der Waals surface area contributed by atoms with Crippen LogP contribution in [0.3, 0.4) is 0 Å². The van der Waals surface area contributed by atoms with Gasteiger partial charge in [-0.25, -0.2) is 9.97 Å². The second kappa shape index (κ2) is 6.55. The molecule has 132 valence electrons. The fraction of sp³-hybridized carbons (Fsp3) is 0.200. The molecule has 6 heteroatoms. The van der Waals surface area contributed by atoms with Gasteiger partial charge in [0.25, 0.3) is 0 Å². The van der Waals surface area contributed by atoms with Gasteiger partial charge < -0.3 is 19.8 Å². The molecule has 4 aromatic rings. The van der Waals surface area contributed by atoms with Crippen molar-refractivity contribution < 1.29 is 9.47 Å². The highest BCUT2D eigenvalue weighted by atomic mass is 16.5. The minimum atomic E-state index is 0.672. The number of nitrogens with zero attached hydrogens (tertiary/aromatic N) is 2. The zero-order valence-corrected chi connectivity index (χ0v) is 15.0. The van der Waals surface area contributed by atoms with E-state index in [-0.39, 0.29) is 0 Å². The predicted molar refractivity (Wildman–Crippen MR) is 104 cm³/mol. The molecule has 0 bridgehead atoms. The third-order valence-corrected chi connectivity index (χ3v) is 4.54. The summed E-state index contributed by atoms with van der Waals surface area (Å²) in [6.45, 7) is 2.14. The molecule has 0 amide bonds. The number of hydrogen-bond donors (Lipinski definition) is 2. The normalized spacial score (nSPS) is 11.0. The Morgan fingerprint density at radius 1 is 1.04 bits per heavy atom. The van der Waals surface area contributed by atoms with E-state index in [0.717, 1.165) is 39.9 Å². The number of benzene rings is 2. The second-order valence-electron chi connectivity index (χ2n) is 5.96. The highest BCUT2D eigenvalue weighted by Gasteiger charge is 2.15. The van der Waals surface area contributed by atoms with E-state index in [4.69, 9.17) is 9.47 Å². The van der Waals surface area contributed by atoms with E-state index in [0.29, 0.717) is 11.5 Å². The number of anilines is 2. The predicted octanol–water partition coefficient (Wildman–Crippen LogP) is 4.43. The van der Waals surface area contributed by atoms with Crippen LogP contribution in [0.5, 0.6) is 11.5 Å². The number of methoxy groups -OCH3 is 2. The Morgan fingerprint density at radius 3 is 2.58 bits per heavy atom. The number of H-pyrrole nitrogens is 1. The number of aromatic amines is 1. The summed E-state index contributed by atoms with van der Waals surface area (Å²) >= 11 is 0. The molecular formula is C20H20N4O2. The van der Waals surface area contributed by atoms with Gasteiger partial charge in [-0.05, 0) is 24.1 Å². The highest BCUT2D eigenvalue weighted by molar-refractivity contribution is 6.09. The topological polar surface area (TPSA) is 72.1 Å². The third-order valence-electron chi connectivity index (χ3n) is 4.54. The lowest BCUT2D eigenvalue weighted by molar-refractivity contribution is 0.356. The van der Waals surface area contributed by atoms with Crippen molar-refractivity contribution in [2.75, 3.05) is 19.5 Å². The maximum absolute atomic E-state index is 5.42. The molecule has 0 aliphatic heterocycles. The lowest BCUT2D eigenvalue weighted by Gasteiger charge is -2.10. The van der Waals surface area contributed by atoms with E-state index >= 15 is 0 Å². The van der Waals surface area contributed by atoms with Crippen LogP contribution in [0.15, 0.2) is 42.7 Å². The van der Waals surface area contributed by atoms with Crippen LogP contribution in [0.2, 0.25) is 0 Å². The van der Waals surface area contributed by atoms with E-state index in [1.54, 1.807) is 20.5 Å². The molecule has 0 atom stereocenters. The summed E-state index contributed by atoms with van der Waals surface area (Å²) in [5.74, 6) is 2.08. The monoisotopic (exact) mass is 348 g/mol. The van der Waals surface area contributed by atoms with Crippen molar-refractivity contribution in [3.63, 3.8) is 0 Å². The average molecular weight is 348 g/mol. The van der Waals surface area contributed by atoms with Gasteiger partial charge in [0.15, 0.2) is 17.3 Å². The number of rotatable bonds is 5. The standard InChI is InChI=1S/C20H20N4O2/c1-4-12-7-5-6-8-14(12)24-20-19-18(21-11-22-20)13-9-16(25-2)17(26-3)10-15(13)23-19/h5-11,23H,4H2,1-3H3,(H,21,22,24). The molecule has 26 heavy (non-hydrogen) atoms. The zero-order chi connectivity index (χ0) is 18.1. The molecule has 0 aliphatic carbocycles. The van der Waals surface area contributed by atoms with Crippen molar-refractivity contribution in [3.8, 4) is 11.5 Å². The maximum Gasteiger partial charge on any atom is 0.162 e. The lowest BCUT2D eigenvalue weighted by Crippen LogP contribution is -1.98. The summed E-state index contributed by atoms with van der Waals surface area (Å²) < 4.78 is 10.8. The van der Waals surface area contributed by atoms with Crippen molar-refractivity contribution in [1.82, 2.24) is 15.0 Å². The molecule has 0 spiro atoms. The number of aromatic nitrogens is 3. The Balaban J connectivity index is 1.89. The number of ether oxygens (including phenoxy) is 2. The van der Waals surface area contributed by atoms with Gasteiger partial charge in [-0.3, -0.25) is 0 Å². The molecule has 6 nitrogen and oxygen atoms in total. The van der Waals surface area contributed by atoms with Gasteiger partial charge in [-0.2, -0.15) is 0 Å². The van der Waals surface area contributed by atoms with E-state index < -0.39 is 0 Å². The molecule has 0 unspecified atom stereocenters. The maximum atomic E-state index is 5.42. The molecule has 2 aromatic carbocycles. The zero-order valence-electron chi connectivity index (χ0n) is 15.0. The third kappa shape index (κ3) is 2.60. The summed E-state index contributed by atoms with van der Waals surface area (Å²) in [5, 5.41) is 4.40. The van der Waals surface area contributed by atoms with E-state index in [9.17, 15) is 0 Å². The Labute approximate surface area is 151 Å². The molecule has 0 fully saturated rings. The molecule has 0 aliphatic rings. The Kier molecular flexibility index (Phi) is 4.08. The molecule has 0 radical (unpaired) electrons. The van der Waals surface area contributed by atoms with E-state index in [2.05, 4.69) is 39.3 Å². The largest absolute Gasteiger partial charge is 0.493 e. The van der Waals surface area contributed by atoms with E-state index in [1.165, 1.54) is 5.56 Å². The van der Waals surface area contributed by atoms with Gasteiger partial charge in [0, 0.05) is 17.1 Å². The Morgan fingerprint density at radius 2 is 1.81 bits per heavy atom. The molecule has 2 aromatic heterocycles. The highest BCUT2D eigenvalue weighted by Crippen LogP contribution is 2.36. The second-order valence-corrected chi connectivity index (χ2v) is 5.96. The molecule has 0 saturated heterocycles. The van der Waals surface area contributed by atoms with Crippen LogP contribution in [-0.2, 0) is 6.42 Å². The first-order valence-corrected chi connectivity index (χ1v) is 8.48. The van der Waals surface area contributed by atoms with Crippen molar-refractivity contribution in [1.29, 1.82) is 0 Å². The van der Waals surface area contributed by atoms with Crippen molar-refractivity contribution in [2.24, 2.45) is 0 Å². The lowest BCUT2D eigenvalue weighted by atomic mass is 10.1. The van der Waals surface area contributed by atoms with Crippen LogP contribution >= 0.6 is 0 Å². The number of para-hydroxylation sites is 1. The molecule has 2 N–H and O–H groups in total. The summed E-state index contributed by atoms with van der Waals surface area (Å²) in [6, 6.07) is 12.1. The molecular weight excluding hydrogens is 328 g/mol. The minimum Gasteiger partial charge on any atom is -0.493 e. The molecule has 4 rings (SSSR count). The number of aryl methyl sites for hydroxylation is 1. The summed E-state index contributed by atoms with van der Waals surface area (Å²) in [4.78, 5) is 12.3. The Hall–Kier alpha value is -3.28. The van der Waals surface area contributed by atoms with Crippen LogP contribution in [-0.4, -0.2) is 29.2 Å². The fourth-order valence-corrected chi connectivity index (χ4v) is 3.19. The summed E-state index contributed by atoms with van der Waals surface area (Å²) in [7, 11) is 3.25. The summed E-state index contributed by atoms with van der Waals surface area (Å²) in [6.07, 6.45) is 2.52. The number of fused-ring (bicyclic) bond motifs is 3. The smallest absolute Gasteiger partial charge is 0.162 e. The van der Waals surface area contributed by atoms with Crippen molar-refractivity contribution >= 4 is 33.4 Å². The molecule has 0 saturated carbocycles. The first-order chi connectivity index (χ1) is 12.7. The van der Waals surface area contributed by atoms with Crippen LogP contribution in [0.4, 0.5) is 11.5 Å². The van der Waals surface area contributed by atoms with Gasteiger partial charge >= 0.3 is 0 Å². The fourth-order valence-electron chi connectivity index (χ4n) is 3.19. The van der Waals surface area contributed by atoms with Gasteiger partial charge in [0.1, 0.15) is 17.4 Å². The Bertz CT molecular complexity index is 1090. The first kappa shape index (κ1) is 16.2.